The van der Waals surface area contributed by atoms with Gasteiger partial charge in [0, 0.05) is 14.3 Å². The average molecular weight is 413 g/mol. The lowest BCUT2D eigenvalue weighted by molar-refractivity contribution is 0.0691. The number of rotatable bonds is 2. The predicted molar refractivity (Wildman–Crippen MR) is 89.3 cm³/mol. The van der Waals surface area contributed by atoms with E-state index in [1.54, 1.807) is 17.5 Å². The number of nitrogen functional groups attached to an aromatic ring is 1. The molecule has 0 bridgehead atoms. The maximum Gasteiger partial charge on any atom is 0.357 e. The first-order valence-corrected chi connectivity index (χ1v) is 7.74. The van der Waals surface area contributed by atoms with E-state index in [0.29, 0.717) is 10.7 Å². The minimum atomic E-state index is -1.20. The van der Waals surface area contributed by atoms with Gasteiger partial charge in [-0.2, -0.15) is 9.78 Å². The van der Waals surface area contributed by atoms with Gasteiger partial charge in [0.2, 0.25) is 0 Å². The summed E-state index contributed by atoms with van der Waals surface area (Å²) in [5.74, 6) is -1.20. The third-order valence-electron chi connectivity index (χ3n) is 2.95. The van der Waals surface area contributed by atoms with Crippen LogP contribution >= 0.6 is 33.9 Å². The summed E-state index contributed by atoms with van der Waals surface area (Å²) in [7, 11) is 0. The Morgan fingerprint density at radius 3 is 2.62 bits per heavy atom. The van der Waals surface area contributed by atoms with Gasteiger partial charge in [-0.1, -0.05) is 0 Å². The van der Waals surface area contributed by atoms with Crippen LogP contribution in [-0.4, -0.2) is 20.9 Å². The van der Waals surface area contributed by atoms with Crippen molar-refractivity contribution in [3.8, 4) is 5.69 Å². The average Bonchev–Trinajstić information content (AvgIpc) is 2.83. The first kappa shape index (κ1) is 14.0. The molecule has 0 amide bonds. The quantitative estimate of drug-likeness (QED) is 0.629. The van der Waals surface area contributed by atoms with E-state index in [-0.39, 0.29) is 16.5 Å². The normalized spacial score (nSPS) is 10.9. The van der Waals surface area contributed by atoms with Crippen molar-refractivity contribution in [3.05, 3.63) is 49.3 Å². The largest absolute Gasteiger partial charge is 0.476 e. The molecule has 21 heavy (non-hydrogen) atoms. The summed E-state index contributed by atoms with van der Waals surface area (Å²) in [6, 6.07) is 7.03. The summed E-state index contributed by atoms with van der Waals surface area (Å²) in [6.45, 7) is 0. The van der Waals surface area contributed by atoms with Crippen molar-refractivity contribution < 1.29 is 9.90 Å². The number of aromatic nitrogens is 2. The molecule has 2 aromatic heterocycles. The molecule has 0 atom stereocenters. The molecule has 0 aliphatic rings. The number of benzene rings is 1. The van der Waals surface area contributed by atoms with Crippen LogP contribution in [0.2, 0.25) is 0 Å². The number of thiophene rings is 1. The van der Waals surface area contributed by atoms with Gasteiger partial charge in [0.1, 0.15) is 0 Å². The highest BCUT2D eigenvalue weighted by Crippen LogP contribution is 2.27. The van der Waals surface area contributed by atoms with Gasteiger partial charge in [0.25, 0.3) is 5.56 Å². The van der Waals surface area contributed by atoms with Gasteiger partial charge in [-0.25, -0.2) is 4.79 Å². The number of carboxylic acids is 1. The van der Waals surface area contributed by atoms with Gasteiger partial charge < -0.3 is 10.8 Å². The molecule has 3 N–H and O–H groups in total. The molecule has 8 heteroatoms. The van der Waals surface area contributed by atoms with E-state index in [1.165, 1.54) is 0 Å². The molecule has 0 radical (unpaired) electrons. The predicted octanol–water partition coefficient (Wildman–Crippen LogP) is 2.33. The minimum absolute atomic E-state index is 0.184. The minimum Gasteiger partial charge on any atom is -0.476 e. The van der Waals surface area contributed by atoms with Crippen molar-refractivity contribution in [3.63, 3.8) is 0 Å². The van der Waals surface area contributed by atoms with E-state index in [9.17, 15) is 14.7 Å². The van der Waals surface area contributed by atoms with Gasteiger partial charge in [-0.15, -0.1) is 11.3 Å². The third kappa shape index (κ3) is 2.29. The second kappa shape index (κ2) is 5.11. The zero-order valence-corrected chi connectivity index (χ0v) is 13.4. The molecule has 1 aromatic carbocycles. The summed E-state index contributed by atoms with van der Waals surface area (Å²) in [6.07, 6.45) is 0. The van der Waals surface area contributed by atoms with E-state index in [2.05, 4.69) is 27.7 Å². The number of carboxylic acid groups (broad SMARTS) is 1. The van der Waals surface area contributed by atoms with E-state index in [4.69, 9.17) is 5.73 Å². The third-order valence-corrected chi connectivity index (χ3v) is 4.49. The second-order valence-electron chi connectivity index (χ2n) is 4.24. The van der Waals surface area contributed by atoms with Gasteiger partial charge in [0.15, 0.2) is 5.69 Å². The summed E-state index contributed by atoms with van der Waals surface area (Å²) < 4.78 is 2.07. The number of anilines is 1. The fourth-order valence-electron chi connectivity index (χ4n) is 1.99. The lowest BCUT2D eigenvalue weighted by atomic mass is 10.2. The van der Waals surface area contributed by atoms with Crippen LogP contribution in [0, 0.1) is 3.57 Å². The van der Waals surface area contributed by atoms with Crippen LogP contribution in [0.1, 0.15) is 10.5 Å². The highest BCUT2D eigenvalue weighted by atomic mass is 127. The van der Waals surface area contributed by atoms with Crippen molar-refractivity contribution in [1.82, 2.24) is 9.78 Å². The number of halogens is 1. The van der Waals surface area contributed by atoms with E-state index < -0.39 is 11.5 Å². The highest BCUT2D eigenvalue weighted by Gasteiger charge is 2.19. The van der Waals surface area contributed by atoms with Crippen molar-refractivity contribution in [2.75, 3.05) is 5.73 Å². The molecule has 0 aliphatic heterocycles. The van der Waals surface area contributed by atoms with Crippen LogP contribution in [0.5, 0.6) is 0 Å². The topological polar surface area (TPSA) is 98.2 Å². The van der Waals surface area contributed by atoms with Crippen molar-refractivity contribution in [1.29, 1.82) is 0 Å². The summed E-state index contributed by atoms with van der Waals surface area (Å²) in [5.41, 5.74) is 5.69. The molecule has 0 aliphatic carbocycles. The number of hydrogen-bond acceptors (Lipinski definition) is 5. The maximum absolute atomic E-state index is 12.5. The number of aromatic carboxylic acids is 1. The lowest BCUT2D eigenvalue weighted by Gasteiger charge is -2.07. The molecular weight excluding hydrogens is 405 g/mol. The van der Waals surface area contributed by atoms with E-state index >= 15 is 0 Å². The molecular formula is C13H8IN3O3S. The fraction of sp³-hybridized carbons (Fsp3) is 0. The number of carbonyl (C=O) groups is 1. The highest BCUT2D eigenvalue weighted by molar-refractivity contribution is 14.1. The van der Waals surface area contributed by atoms with Gasteiger partial charge >= 0.3 is 5.97 Å². The first-order valence-electron chi connectivity index (χ1n) is 5.78. The molecule has 0 unspecified atom stereocenters. The fourth-order valence-corrected chi connectivity index (χ4v) is 3.14. The Hall–Kier alpha value is -1.94. The zero-order valence-electron chi connectivity index (χ0n) is 10.4. The van der Waals surface area contributed by atoms with Crippen LogP contribution in [-0.2, 0) is 0 Å². The molecule has 0 spiro atoms. The molecule has 6 nitrogen and oxygen atoms in total. The van der Waals surface area contributed by atoms with E-state index in [1.807, 2.05) is 12.1 Å². The van der Waals surface area contributed by atoms with Crippen LogP contribution in [0.3, 0.4) is 0 Å². The lowest BCUT2D eigenvalue weighted by Crippen LogP contribution is -2.24. The van der Waals surface area contributed by atoms with Crippen LogP contribution in [0.15, 0.2) is 34.4 Å². The zero-order chi connectivity index (χ0) is 15.1. The summed E-state index contributed by atoms with van der Waals surface area (Å²) >= 11 is 3.27. The van der Waals surface area contributed by atoms with Crippen LogP contribution in [0.25, 0.3) is 16.5 Å². The van der Waals surface area contributed by atoms with Gasteiger partial charge in [-0.05, 0) is 46.9 Å². The van der Waals surface area contributed by atoms with Crippen molar-refractivity contribution >= 4 is 55.7 Å². The summed E-state index contributed by atoms with van der Waals surface area (Å²) in [5, 5.41) is 15.6. The monoisotopic (exact) mass is 413 g/mol. The maximum atomic E-state index is 12.5. The Balaban J connectivity index is 2.40. The molecule has 0 saturated carbocycles. The Kier molecular flexibility index (Phi) is 3.41. The molecule has 106 valence electrons. The first-order chi connectivity index (χ1) is 9.99. The molecule has 2 heterocycles. The number of nitrogens with zero attached hydrogens (tertiary/aromatic N) is 2. The molecule has 3 rings (SSSR count). The van der Waals surface area contributed by atoms with E-state index in [0.717, 1.165) is 19.6 Å². The van der Waals surface area contributed by atoms with Crippen molar-refractivity contribution in [2.45, 2.75) is 0 Å². The van der Waals surface area contributed by atoms with Crippen LogP contribution in [0.4, 0.5) is 5.00 Å². The standard InChI is InChI=1S/C13H8IN3O3S/c14-6-1-3-7(4-2-6)17-12(18)9-8(5-21-11(9)15)10(16-17)13(19)20/h1-5H,15H2,(H,19,20). The Morgan fingerprint density at radius 1 is 1.33 bits per heavy atom. The SMILES string of the molecule is Nc1scc2c(C(=O)O)nn(-c3ccc(I)cc3)c(=O)c12. The molecule has 3 aromatic rings. The smallest absolute Gasteiger partial charge is 0.357 e. The Labute approximate surface area is 136 Å². The van der Waals surface area contributed by atoms with Gasteiger partial charge in [0.05, 0.1) is 16.1 Å². The molecule has 0 fully saturated rings. The van der Waals surface area contributed by atoms with Crippen molar-refractivity contribution in [2.24, 2.45) is 0 Å². The Morgan fingerprint density at radius 2 is 2.00 bits per heavy atom. The number of fused-ring (bicyclic) bond motifs is 1. The Bertz CT molecular complexity index is 915. The number of hydrogen-bond donors (Lipinski definition) is 2. The molecule has 0 saturated heterocycles. The van der Waals surface area contributed by atoms with Gasteiger partial charge in [-0.3, -0.25) is 4.79 Å². The number of nitrogens with two attached hydrogens (primary N) is 1. The van der Waals surface area contributed by atoms with Crippen LogP contribution < -0.4 is 11.3 Å². The second-order valence-corrected chi connectivity index (χ2v) is 6.39. The summed E-state index contributed by atoms with van der Waals surface area (Å²) in [4.78, 5) is 23.9.